The van der Waals surface area contributed by atoms with Crippen LogP contribution in [0.1, 0.15) is 18.9 Å². The summed E-state index contributed by atoms with van der Waals surface area (Å²) in [6, 6.07) is 8.76. The van der Waals surface area contributed by atoms with Crippen LogP contribution in [0.5, 0.6) is 0 Å². The zero-order valence-corrected chi connectivity index (χ0v) is 12.9. The molecule has 0 spiro atoms. The zero-order chi connectivity index (χ0) is 13.5. The van der Waals surface area contributed by atoms with E-state index in [1.165, 1.54) is 49.6 Å². The largest absolute Gasteiger partial charge is 0.388 e. The van der Waals surface area contributed by atoms with Crippen LogP contribution in [0.4, 0.5) is 5.69 Å². The van der Waals surface area contributed by atoms with Crippen LogP contribution in [-0.2, 0) is 6.54 Å². The molecule has 0 unspecified atom stereocenters. The minimum Gasteiger partial charge on any atom is -0.388 e. The minimum atomic E-state index is 1.08. The van der Waals surface area contributed by atoms with Gasteiger partial charge in [0, 0.05) is 51.2 Å². The number of hydrogen-bond donors (Lipinski definition) is 1. The van der Waals surface area contributed by atoms with Crippen LogP contribution < -0.4 is 5.32 Å². The summed E-state index contributed by atoms with van der Waals surface area (Å²) in [7, 11) is 1.96. The average Bonchev–Trinajstić information content (AvgIpc) is 2.47. The van der Waals surface area contributed by atoms with Crippen molar-refractivity contribution in [2.24, 2.45) is 0 Å². The van der Waals surface area contributed by atoms with E-state index in [0.29, 0.717) is 0 Å². The molecule has 1 N–H and O–H groups in total. The van der Waals surface area contributed by atoms with Crippen LogP contribution in [0.25, 0.3) is 0 Å². The van der Waals surface area contributed by atoms with Crippen molar-refractivity contribution < 1.29 is 0 Å². The molecular formula is C15H25N3S. The van der Waals surface area contributed by atoms with Gasteiger partial charge in [0.25, 0.3) is 0 Å². The minimum absolute atomic E-state index is 1.08. The second kappa shape index (κ2) is 7.78. The number of piperazine rings is 1. The summed E-state index contributed by atoms with van der Waals surface area (Å²) < 4.78 is 2.52. The first-order valence-corrected chi connectivity index (χ1v) is 8.13. The Balaban J connectivity index is 1.75. The molecule has 0 amide bonds. The van der Waals surface area contributed by atoms with Crippen LogP contribution in [-0.4, -0.2) is 48.2 Å². The Kier molecular flexibility index (Phi) is 6.01. The second-order valence-corrected chi connectivity index (χ2v) is 6.17. The van der Waals surface area contributed by atoms with Crippen molar-refractivity contribution in [3.63, 3.8) is 0 Å². The molecular weight excluding hydrogens is 254 g/mol. The predicted octanol–water partition coefficient (Wildman–Crippen LogP) is 2.90. The summed E-state index contributed by atoms with van der Waals surface area (Å²) >= 11 is 2.01. The normalized spacial score (nSPS) is 17.6. The maximum absolute atomic E-state index is 3.16. The Bertz CT molecular complexity index is 358. The molecule has 0 aliphatic carbocycles. The van der Waals surface area contributed by atoms with Crippen LogP contribution >= 0.6 is 11.9 Å². The van der Waals surface area contributed by atoms with Crippen molar-refractivity contribution in [2.45, 2.75) is 19.9 Å². The van der Waals surface area contributed by atoms with Crippen molar-refractivity contribution in [3.05, 3.63) is 29.8 Å². The third-order valence-electron chi connectivity index (χ3n) is 3.46. The maximum atomic E-state index is 3.16. The third-order valence-corrected chi connectivity index (χ3v) is 4.78. The van der Waals surface area contributed by atoms with Gasteiger partial charge in [0.1, 0.15) is 0 Å². The molecule has 1 heterocycles. The monoisotopic (exact) mass is 279 g/mol. The van der Waals surface area contributed by atoms with Crippen LogP contribution in [0.2, 0.25) is 0 Å². The highest BCUT2D eigenvalue weighted by atomic mass is 32.2. The molecule has 19 heavy (non-hydrogen) atoms. The van der Waals surface area contributed by atoms with E-state index in [4.69, 9.17) is 0 Å². The third kappa shape index (κ3) is 4.71. The standard InChI is InChI=1S/C15H25N3S/c1-3-12-19-18-10-8-17(9-11-18)13-14-4-6-15(16-2)7-5-14/h4-7,16H,3,8-13H2,1-2H3. The van der Waals surface area contributed by atoms with Crippen molar-refractivity contribution in [1.29, 1.82) is 0 Å². The Morgan fingerprint density at radius 3 is 2.37 bits per heavy atom. The molecule has 0 radical (unpaired) electrons. The van der Waals surface area contributed by atoms with Gasteiger partial charge in [-0.3, -0.25) is 4.90 Å². The van der Waals surface area contributed by atoms with Gasteiger partial charge in [-0.15, -0.1) is 0 Å². The van der Waals surface area contributed by atoms with Crippen molar-refractivity contribution in [1.82, 2.24) is 9.21 Å². The lowest BCUT2D eigenvalue weighted by Crippen LogP contribution is -2.42. The van der Waals surface area contributed by atoms with Crippen LogP contribution in [0, 0.1) is 0 Å². The molecule has 3 nitrogen and oxygen atoms in total. The smallest absolute Gasteiger partial charge is 0.0337 e. The molecule has 1 aliphatic heterocycles. The molecule has 1 aromatic carbocycles. The number of nitrogens with zero attached hydrogens (tertiary/aromatic N) is 2. The molecule has 0 atom stereocenters. The molecule has 2 rings (SSSR count). The average molecular weight is 279 g/mol. The van der Waals surface area contributed by atoms with E-state index in [1.54, 1.807) is 0 Å². The Labute approximate surface area is 121 Å². The first-order valence-electron chi connectivity index (χ1n) is 7.18. The number of hydrogen-bond acceptors (Lipinski definition) is 4. The van der Waals surface area contributed by atoms with Gasteiger partial charge in [-0.25, -0.2) is 4.31 Å². The molecule has 1 aliphatic rings. The molecule has 1 saturated heterocycles. The fourth-order valence-corrected chi connectivity index (χ4v) is 3.13. The van der Waals surface area contributed by atoms with E-state index in [-0.39, 0.29) is 0 Å². The topological polar surface area (TPSA) is 18.5 Å². The summed E-state index contributed by atoms with van der Waals surface area (Å²) in [6.07, 6.45) is 1.27. The maximum Gasteiger partial charge on any atom is 0.0337 e. The molecule has 4 heteroatoms. The van der Waals surface area contributed by atoms with Crippen LogP contribution in [0.15, 0.2) is 24.3 Å². The van der Waals surface area contributed by atoms with Gasteiger partial charge in [0.05, 0.1) is 0 Å². The predicted molar refractivity (Wildman–Crippen MR) is 85.6 cm³/mol. The molecule has 1 aromatic rings. The fraction of sp³-hybridized carbons (Fsp3) is 0.600. The van der Waals surface area contributed by atoms with Gasteiger partial charge in [0.2, 0.25) is 0 Å². The van der Waals surface area contributed by atoms with E-state index < -0.39 is 0 Å². The first kappa shape index (κ1) is 14.7. The van der Waals surface area contributed by atoms with Gasteiger partial charge in [-0.1, -0.05) is 31.0 Å². The Morgan fingerprint density at radius 1 is 1.11 bits per heavy atom. The molecule has 0 saturated carbocycles. The highest BCUT2D eigenvalue weighted by molar-refractivity contribution is 7.97. The SMILES string of the molecule is CCCSN1CCN(Cc2ccc(NC)cc2)CC1. The lowest BCUT2D eigenvalue weighted by atomic mass is 10.2. The number of nitrogens with one attached hydrogen (secondary N) is 1. The van der Waals surface area contributed by atoms with E-state index in [0.717, 1.165) is 6.54 Å². The van der Waals surface area contributed by atoms with Gasteiger partial charge in [-0.05, 0) is 24.1 Å². The molecule has 0 aromatic heterocycles. The zero-order valence-electron chi connectivity index (χ0n) is 12.1. The van der Waals surface area contributed by atoms with E-state index >= 15 is 0 Å². The summed E-state index contributed by atoms with van der Waals surface area (Å²) in [5.41, 5.74) is 2.60. The summed E-state index contributed by atoms with van der Waals surface area (Å²) in [5.74, 6) is 1.26. The first-order chi connectivity index (χ1) is 9.31. The van der Waals surface area contributed by atoms with E-state index in [9.17, 15) is 0 Å². The molecule has 0 bridgehead atoms. The van der Waals surface area contributed by atoms with Gasteiger partial charge < -0.3 is 5.32 Å². The Morgan fingerprint density at radius 2 is 1.79 bits per heavy atom. The Hall–Kier alpha value is -0.710. The van der Waals surface area contributed by atoms with Crippen molar-refractivity contribution in [2.75, 3.05) is 44.3 Å². The number of rotatable bonds is 6. The molecule has 1 fully saturated rings. The lowest BCUT2D eigenvalue weighted by Gasteiger charge is -2.33. The number of anilines is 1. The second-order valence-electron chi connectivity index (χ2n) is 4.99. The van der Waals surface area contributed by atoms with Crippen molar-refractivity contribution in [3.8, 4) is 0 Å². The van der Waals surface area contributed by atoms with Gasteiger partial charge in [0.15, 0.2) is 0 Å². The van der Waals surface area contributed by atoms with Gasteiger partial charge in [-0.2, -0.15) is 0 Å². The summed E-state index contributed by atoms with van der Waals surface area (Å²) in [4.78, 5) is 2.55. The van der Waals surface area contributed by atoms with Gasteiger partial charge >= 0.3 is 0 Å². The van der Waals surface area contributed by atoms with Crippen LogP contribution in [0.3, 0.4) is 0 Å². The highest BCUT2D eigenvalue weighted by Crippen LogP contribution is 2.16. The van der Waals surface area contributed by atoms with E-state index in [1.807, 2.05) is 19.0 Å². The summed E-state index contributed by atoms with van der Waals surface area (Å²) in [5, 5.41) is 3.16. The van der Waals surface area contributed by atoms with E-state index in [2.05, 4.69) is 45.7 Å². The van der Waals surface area contributed by atoms with Crippen molar-refractivity contribution >= 4 is 17.6 Å². The summed E-state index contributed by atoms with van der Waals surface area (Å²) in [6.45, 7) is 8.09. The lowest BCUT2D eigenvalue weighted by molar-refractivity contribution is 0.189. The fourth-order valence-electron chi connectivity index (χ4n) is 2.27. The number of benzene rings is 1. The molecule has 106 valence electrons. The quantitative estimate of drug-likeness (QED) is 0.807. The highest BCUT2D eigenvalue weighted by Gasteiger charge is 2.16.